The molecule has 1 amide bonds. The average Bonchev–Trinajstić information content (AvgIpc) is 2.91. The van der Waals surface area contributed by atoms with Crippen LogP contribution in [-0.2, 0) is 6.54 Å². The SMILES string of the molecule is O=C(c1ccc(Oc2ccccc2)cc1)N1CCN(Cc2cccc(Oc3ccccc3)c2)CC1. The van der Waals surface area contributed by atoms with Gasteiger partial charge in [-0.2, -0.15) is 0 Å². The molecule has 0 radical (unpaired) electrons. The first-order valence-corrected chi connectivity index (χ1v) is 11.9. The smallest absolute Gasteiger partial charge is 0.253 e. The van der Waals surface area contributed by atoms with Crippen LogP contribution < -0.4 is 9.47 Å². The number of para-hydroxylation sites is 2. The van der Waals surface area contributed by atoms with Crippen molar-refractivity contribution in [1.29, 1.82) is 0 Å². The van der Waals surface area contributed by atoms with E-state index in [0.717, 1.165) is 42.6 Å². The summed E-state index contributed by atoms with van der Waals surface area (Å²) in [6.45, 7) is 3.93. The molecule has 1 fully saturated rings. The number of hydrogen-bond acceptors (Lipinski definition) is 4. The second kappa shape index (κ2) is 10.9. The molecule has 0 bridgehead atoms. The Balaban J connectivity index is 1.13. The topological polar surface area (TPSA) is 42.0 Å². The van der Waals surface area contributed by atoms with Gasteiger partial charge in [-0.1, -0.05) is 48.5 Å². The zero-order chi connectivity index (χ0) is 23.9. The fourth-order valence-corrected chi connectivity index (χ4v) is 4.17. The van der Waals surface area contributed by atoms with Crippen LogP contribution in [0.15, 0.2) is 109 Å². The number of carbonyl (C=O) groups is 1. The predicted molar refractivity (Wildman–Crippen MR) is 137 cm³/mol. The Bertz CT molecular complexity index is 1240. The minimum absolute atomic E-state index is 0.0640. The minimum atomic E-state index is 0.0640. The van der Waals surface area contributed by atoms with Crippen molar-refractivity contribution in [2.24, 2.45) is 0 Å². The number of hydrogen-bond donors (Lipinski definition) is 0. The van der Waals surface area contributed by atoms with E-state index in [-0.39, 0.29) is 5.91 Å². The highest BCUT2D eigenvalue weighted by Gasteiger charge is 2.22. The van der Waals surface area contributed by atoms with Crippen molar-refractivity contribution in [2.75, 3.05) is 26.2 Å². The van der Waals surface area contributed by atoms with Crippen molar-refractivity contribution in [3.05, 3.63) is 120 Å². The summed E-state index contributed by atoms with van der Waals surface area (Å²) in [7, 11) is 0. The number of rotatable bonds is 7. The number of benzene rings is 4. The molecule has 1 heterocycles. The molecule has 0 saturated carbocycles. The predicted octanol–water partition coefficient (Wildman–Crippen LogP) is 6.23. The molecule has 0 N–H and O–H groups in total. The van der Waals surface area contributed by atoms with Gasteiger partial charge in [0.1, 0.15) is 23.0 Å². The summed E-state index contributed by atoms with van der Waals surface area (Å²) in [5, 5.41) is 0. The lowest BCUT2D eigenvalue weighted by Crippen LogP contribution is -2.48. The van der Waals surface area contributed by atoms with Crippen LogP contribution in [0.5, 0.6) is 23.0 Å². The van der Waals surface area contributed by atoms with E-state index in [1.807, 2.05) is 102 Å². The normalized spacial score (nSPS) is 13.9. The van der Waals surface area contributed by atoms with Gasteiger partial charge in [-0.25, -0.2) is 0 Å². The van der Waals surface area contributed by atoms with E-state index in [4.69, 9.17) is 9.47 Å². The van der Waals surface area contributed by atoms with Gasteiger partial charge in [0.15, 0.2) is 0 Å². The van der Waals surface area contributed by atoms with Crippen LogP contribution in [0.1, 0.15) is 15.9 Å². The molecular weight excluding hydrogens is 436 g/mol. The van der Waals surface area contributed by atoms with Crippen LogP contribution in [0.2, 0.25) is 0 Å². The molecule has 176 valence electrons. The summed E-state index contributed by atoms with van der Waals surface area (Å²) in [6.07, 6.45) is 0. The Hall–Kier alpha value is -4.09. The van der Waals surface area contributed by atoms with Crippen LogP contribution in [0.4, 0.5) is 0 Å². The molecule has 0 aromatic heterocycles. The lowest BCUT2D eigenvalue weighted by atomic mass is 10.1. The highest BCUT2D eigenvalue weighted by Crippen LogP contribution is 2.24. The largest absolute Gasteiger partial charge is 0.457 e. The van der Waals surface area contributed by atoms with E-state index in [1.54, 1.807) is 0 Å². The monoisotopic (exact) mass is 464 g/mol. The van der Waals surface area contributed by atoms with Gasteiger partial charge < -0.3 is 14.4 Å². The maximum absolute atomic E-state index is 13.0. The first-order valence-electron chi connectivity index (χ1n) is 11.9. The van der Waals surface area contributed by atoms with Crippen molar-refractivity contribution in [3.8, 4) is 23.0 Å². The molecule has 5 rings (SSSR count). The fraction of sp³-hybridized carbons (Fsp3) is 0.167. The van der Waals surface area contributed by atoms with Crippen LogP contribution in [-0.4, -0.2) is 41.9 Å². The molecule has 4 aromatic carbocycles. The molecule has 1 saturated heterocycles. The van der Waals surface area contributed by atoms with Crippen molar-refractivity contribution in [1.82, 2.24) is 9.80 Å². The van der Waals surface area contributed by atoms with Gasteiger partial charge in [0.25, 0.3) is 5.91 Å². The van der Waals surface area contributed by atoms with Gasteiger partial charge in [0.05, 0.1) is 0 Å². The molecule has 1 aliphatic rings. The van der Waals surface area contributed by atoms with Crippen molar-refractivity contribution >= 4 is 5.91 Å². The highest BCUT2D eigenvalue weighted by molar-refractivity contribution is 5.94. The third-order valence-corrected chi connectivity index (χ3v) is 6.02. The summed E-state index contributed by atoms with van der Waals surface area (Å²) >= 11 is 0. The van der Waals surface area contributed by atoms with Gasteiger partial charge >= 0.3 is 0 Å². The summed E-state index contributed by atoms with van der Waals surface area (Å²) in [6, 6.07) is 35.0. The molecular formula is C30H28N2O3. The fourth-order valence-electron chi connectivity index (χ4n) is 4.17. The summed E-state index contributed by atoms with van der Waals surface area (Å²) in [5.41, 5.74) is 1.89. The number of amides is 1. The number of carbonyl (C=O) groups excluding carboxylic acids is 1. The lowest BCUT2D eigenvalue weighted by molar-refractivity contribution is 0.0628. The van der Waals surface area contributed by atoms with Crippen molar-refractivity contribution in [2.45, 2.75) is 6.54 Å². The van der Waals surface area contributed by atoms with Crippen LogP contribution >= 0.6 is 0 Å². The lowest BCUT2D eigenvalue weighted by Gasteiger charge is -2.34. The van der Waals surface area contributed by atoms with E-state index in [0.29, 0.717) is 18.7 Å². The van der Waals surface area contributed by atoms with Gasteiger partial charge in [0, 0.05) is 38.3 Å². The van der Waals surface area contributed by atoms with Gasteiger partial charge in [-0.05, 0) is 66.2 Å². The molecule has 0 unspecified atom stereocenters. The van der Waals surface area contributed by atoms with Gasteiger partial charge in [-0.3, -0.25) is 9.69 Å². The summed E-state index contributed by atoms with van der Waals surface area (Å²) in [4.78, 5) is 17.3. The Kier molecular flexibility index (Phi) is 7.06. The number of nitrogens with zero attached hydrogens (tertiary/aromatic N) is 2. The summed E-state index contributed by atoms with van der Waals surface area (Å²) in [5.74, 6) is 3.23. The van der Waals surface area contributed by atoms with E-state index in [9.17, 15) is 4.79 Å². The molecule has 5 nitrogen and oxygen atoms in total. The molecule has 35 heavy (non-hydrogen) atoms. The maximum atomic E-state index is 13.0. The first-order chi connectivity index (χ1) is 17.2. The summed E-state index contributed by atoms with van der Waals surface area (Å²) < 4.78 is 11.8. The van der Waals surface area contributed by atoms with E-state index < -0.39 is 0 Å². The average molecular weight is 465 g/mol. The molecule has 0 atom stereocenters. The quantitative estimate of drug-likeness (QED) is 0.325. The second-order valence-electron chi connectivity index (χ2n) is 8.57. The minimum Gasteiger partial charge on any atom is -0.457 e. The zero-order valence-electron chi connectivity index (χ0n) is 19.5. The van der Waals surface area contributed by atoms with E-state index in [1.165, 1.54) is 5.56 Å². The van der Waals surface area contributed by atoms with Crippen molar-refractivity contribution < 1.29 is 14.3 Å². The number of ether oxygens (including phenoxy) is 2. The Morgan fingerprint density at radius 1 is 0.600 bits per heavy atom. The Labute approximate surface area is 206 Å². The third kappa shape index (κ3) is 6.08. The van der Waals surface area contributed by atoms with E-state index >= 15 is 0 Å². The molecule has 5 heteroatoms. The first kappa shape index (κ1) is 22.7. The van der Waals surface area contributed by atoms with Crippen LogP contribution in [0, 0.1) is 0 Å². The maximum Gasteiger partial charge on any atom is 0.253 e. The van der Waals surface area contributed by atoms with Crippen LogP contribution in [0.25, 0.3) is 0 Å². The Morgan fingerprint density at radius 3 is 1.77 bits per heavy atom. The molecule has 1 aliphatic heterocycles. The van der Waals surface area contributed by atoms with Crippen LogP contribution in [0.3, 0.4) is 0 Å². The zero-order valence-corrected chi connectivity index (χ0v) is 19.5. The highest BCUT2D eigenvalue weighted by atomic mass is 16.5. The van der Waals surface area contributed by atoms with E-state index in [2.05, 4.69) is 17.0 Å². The standard InChI is InChI=1S/C30H28N2O3/c33-30(25-14-16-28(17-15-25)34-26-9-3-1-4-10-26)32-20-18-31(19-21-32)23-24-8-7-13-29(22-24)35-27-11-5-2-6-12-27/h1-17,22H,18-21,23H2. The van der Waals surface area contributed by atoms with Gasteiger partial charge in [0.2, 0.25) is 0 Å². The van der Waals surface area contributed by atoms with Gasteiger partial charge in [-0.15, -0.1) is 0 Å². The van der Waals surface area contributed by atoms with Crippen molar-refractivity contribution in [3.63, 3.8) is 0 Å². The molecule has 0 aliphatic carbocycles. The Morgan fingerprint density at radius 2 is 1.14 bits per heavy atom. The third-order valence-electron chi connectivity index (χ3n) is 6.02. The number of piperazine rings is 1. The second-order valence-corrected chi connectivity index (χ2v) is 8.57. The molecule has 0 spiro atoms. The molecule has 4 aromatic rings.